The van der Waals surface area contributed by atoms with E-state index in [-0.39, 0.29) is 11.9 Å². The Labute approximate surface area is 145 Å². The van der Waals surface area contributed by atoms with Crippen molar-refractivity contribution in [1.29, 1.82) is 0 Å². The van der Waals surface area contributed by atoms with Crippen LogP contribution in [0.5, 0.6) is 0 Å². The molecule has 0 saturated carbocycles. The van der Waals surface area contributed by atoms with E-state index in [1.165, 1.54) is 5.56 Å². The Bertz CT molecular complexity index is 677. The molecular weight excluding hydrogens is 354 g/mol. The van der Waals surface area contributed by atoms with Gasteiger partial charge in [-0.2, -0.15) is 0 Å². The van der Waals surface area contributed by atoms with Crippen molar-refractivity contribution in [3.8, 4) is 0 Å². The highest BCUT2D eigenvalue weighted by molar-refractivity contribution is 9.10. The zero-order valence-corrected chi connectivity index (χ0v) is 14.7. The van der Waals surface area contributed by atoms with Gasteiger partial charge in [-0.05, 0) is 34.5 Å². The predicted molar refractivity (Wildman–Crippen MR) is 94.2 cm³/mol. The van der Waals surface area contributed by atoms with Gasteiger partial charge in [0.25, 0.3) is 5.91 Å². The van der Waals surface area contributed by atoms with Crippen molar-refractivity contribution < 1.29 is 4.79 Å². The summed E-state index contributed by atoms with van der Waals surface area (Å²) < 4.78 is 0.832. The molecule has 3 rings (SSSR count). The smallest absolute Gasteiger partial charge is 0.255 e. The lowest BCUT2D eigenvalue weighted by atomic mass is 10.1. The molecule has 2 aromatic rings. The lowest BCUT2D eigenvalue weighted by Gasteiger charge is -2.40. The van der Waals surface area contributed by atoms with Gasteiger partial charge in [-0.1, -0.05) is 30.3 Å². The first-order valence-corrected chi connectivity index (χ1v) is 8.60. The third kappa shape index (κ3) is 3.98. The van der Waals surface area contributed by atoms with Crippen molar-refractivity contribution in [1.82, 2.24) is 14.8 Å². The molecule has 120 valence electrons. The van der Waals surface area contributed by atoms with Crippen molar-refractivity contribution in [3.05, 3.63) is 64.4 Å². The monoisotopic (exact) mass is 373 g/mol. The molecule has 1 aromatic heterocycles. The maximum Gasteiger partial charge on any atom is 0.255 e. The lowest BCUT2D eigenvalue weighted by molar-refractivity contribution is 0.0475. The van der Waals surface area contributed by atoms with Crippen LogP contribution < -0.4 is 0 Å². The fourth-order valence-corrected chi connectivity index (χ4v) is 3.38. The maximum absolute atomic E-state index is 12.7. The largest absolute Gasteiger partial charge is 0.333 e. The number of rotatable bonds is 3. The summed E-state index contributed by atoms with van der Waals surface area (Å²) in [6.45, 7) is 5.58. The molecule has 0 unspecified atom stereocenters. The van der Waals surface area contributed by atoms with Crippen LogP contribution in [-0.4, -0.2) is 46.4 Å². The van der Waals surface area contributed by atoms with E-state index in [4.69, 9.17) is 0 Å². The number of benzene rings is 1. The van der Waals surface area contributed by atoms with Crippen LogP contribution in [0.1, 0.15) is 22.8 Å². The molecular formula is C18H20BrN3O. The van der Waals surface area contributed by atoms with Gasteiger partial charge in [-0.25, -0.2) is 0 Å². The summed E-state index contributed by atoms with van der Waals surface area (Å²) >= 11 is 3.37. The number of pyridine rings is 1. The minimum absolute atomic E-state index is 0.0608. The molecule has 1 fully saturated rings. The number of carbonyl (C=O) groups is 1. The molecule has 23 heavy (non-hydrogen) atoms. The van der Waals surface area contributed by atoms with Crippen molar-refractivity contribution in [2.24, 2.45) is 0 Å². The average Bonchev–Trinajstić information content (AvgIpc) is 2.55. The van der Waals surface area contributed by atoms with Crippen LogP contribution in [0.3, 0.4) is 0 Å². The van der Waals surface area contributed by atoms with Crippen LogP contribution in [-0.2, 0) is 6.54 Å². The standard InChI is InChI=1S/C18H20BrN3O/c1-14-12-21(13-15-5-3-2-4-6-15)7-8-22(14)18(23)16-9-17(19)11-20-10-16/h2-6,9-11,14H,7-8,12-13H2,1H3/t14-/m1/s1. The molecule has 1 aliphatic rings. The van der Waals surface area contributed by atoms with Crippen molar-refractivity contribution in [3.63, 3.8) is 0 Å². The van der Waals surface area contributed by atoms with Gasteiger partial charge in [0.05, 0.1) is 5.56 Å². The van der Waals surface area contributed by atoms with Gasteiger partial charge in [-0.15, -0.1) is 0 Å². The fourth-order valence-electron chi connectivity index (χ4n) is 3.01. The zero-order chi connectivity index (χ0) is 16.2. The first-order chi connectivity index (χ1) is 11.1. The summed E-state index contributed by atoms with van der Waals surface area (Å²) in [5.41, 5.74) is 1.96. The van der Waals surface area contributed by atoms with Gasteiger partial charge in [0.1, 0.15) is 0 Å². The van der Waals surface area contributed by atoms with E-state index in [1.807, 2.05) is 17.0 Å². The molecule has 0 spiro atoms. The Morgan fingerprint density at radius 1 is 1.26 bits per heavy atom. The summed E-state index contributed by atoms with van der Waals surface area (Å²) in [5.74, 6) is 0.0608. The Kier molecular flexibility index (Phi) is 5.08. The zero-order valence-electron chi connectivity index (χ0n) is 13.2. The molecule has 1 aliphatic heterocycles. The maximum atomic E-state index is 12.7. The van der Waals surface area contributed by atoms with E-state index in [0.29, 0.717) is 5.56 Å². The van der Waals surface area contributed by atoms with Gasteiger partial charge in [0.2, 0.25) is 0 Å². The van der Waals surface area contributed by atoms with E-state index in [0.717, 1.165) is 30.7 Å². The number of hydrogen-bond acceptors (Lipinski definition) is 3. The van der Waals surface area contributed by atoms with E-state index in [2.05, 4.69) is 57.0 Å². The van der Waals surface area contributed by atoms with Gasteiger partial charge in [0, 0.05) is 49.1 Å². The van der Waals surface area contributed by atoms with Crippen molar-refractivity contribution in [2.45, 2.75) is 19.5 Å². The Morgan fingerprint density at radius 2 is 2.04 bits per heavy atom. The highest BCUT2D eigenvalue weighted by Gasteiger charge is 2.28. The van der Waals surface area contributed by atoms with Crippen LogP contribution in [0.2, 0.25) is 0 Å². The average molecular weight is 374 g/mol. The van der Waals surface area contributed by atoms with E-state index < -0.39 is 0 Å². The van der Waals surface area contributed by atoms with Crippen molar-refractivity contribution in [2.75, 3.05) is 19.6 Å². The van der Waals surface area contributed by atoms with Crippen LogP contribution in [0, 0.1) is 0 Å². The molecule has 2 heterocycles. The topological polar surface area (TPSA) is 36.4 Å². The molecule has 1 saturated heterocycles. The minimum Gasteiger partial charge on any atom is -0.333 e. The van der Waals surface area contributed by atoms with Crippen LogP contribution in [0.15, 0.2) is 53.3 Å². The third-order valence-corrected chi connectivity index (χ3v) is 4.61. The van der Waals surface area contributed by atoms with Crippen molar-refractivity contribution >= 4 is 21.8 Å². The molecule has 4 nitrogen and oxygen atoms in total. The normalized spacial score (nSPS) is 18.9. The Morgan fingerprint density at radius 3 is 2.74 bits per heavy atom. The minimum atomic E-state index is 0.0608. The summed E-state index contributed by atoms with van der Waals surface area (Å²) in [4.78, 5) is 21.1. The lowest BCUT2D eigenvalue weighted by Crippen LogP contribution is -2.53. The highest BCUT2D eigenvalue weighted by atomic mass is 79.9. The fraction of sp³-hybridized carbons (Fsp3) is 0.333. The Hall–Kier alpha value is -1.72. The van der Waals surface area contributed by atoms with Gasteiger partial charge in [0.15, 0.2) is 0 Å². The second-order valence-corrected chi connectivity index (χ2v) is 6.88. The van der Waals surface area contributed by atoms with Gasteiger partial charge < -0.3 is 4.90 Å². The van der Waals surface area contributed by atoms with E-state index >= 15 is 0 Å². The van der Waals surface area contributed by atoms with Gasteiger partial charge >= 0.3 is 0 Å². The molecule has 1 atom stereocenters. The summed E-state index contributed by atoms with van der Waals surface area (Å²) in [5, 5.41) is 0. The third-order valence-electron chi connectivity index (χ3n) is 4.17. The second-order valence-electron chi connectivity index (χ2n) is 5.96. The molecule has 0 aliphatic carbocycles. The summed E-state index contributed by atoms with van der Waals surface area (Å²) in [6.07, 6.45) is 3.33. The number of halogens is 1. The quantitative estimate of drug-likeness (QED) is 0.828. The Balaban J connectivity index is 1.63. The summed E-state index contributed by atoms with van der Waals surface area (Å²) in [6, 6.07) is 12.5. The van der Waals surface area contributed by atoms with E-state index in [9.17, 15) is 4.79 Å². The molecule has 0 radical (unpaired) electrons. The molecule has 1 amide bonds. The molecule has 0 N–H and O–H groups in total. The SMILES string of the molecule is C[C@@H]1CN(Cc2ccccc2)CCN1C(=O)c1cncc(Br)c1. The second kappa shape index (κ2) is 7.23. The number of nitrogens with zero attached hydrogens (tertiary/aromatic N) is 3. The number of hydrogen-bond donors (Lipinski definition) is 0. The van der Waals surface area contributed by atoms with Crippen LogP contribution in [0.4, 0.5) is 0 Å². The molecule has 5 heteroatoms. The van der Waals surface area contributed by atoms with Crippen LogP contribution >= 0.6 is 15.9 Å². The number of piperazine rings is 1. The first kappa shape index (κ1) is 16.1. The van der Waals surface area contributed by atoms with Gasteiger partial charge in [-0.3, -0.25) is 14.7 Å². The molecule has 0 bridgehead atoms. The molecule has 1 aromatic carbocycles. The number of amides is 1. The predicted octanol–water partition coefficient (Wildman–Crippen LogP) is 3.19. The number of aromatic nitrogens is 1. The summed E-state index contributed by atoms with van der Waals surface area (Å²) in [7, 11) is 0. The van der Waals surface area contributed by atoms with Crippen LogP contribution in [0.25, 0.3) is 0 Å². The first-order valence-electron chi connectivity index (χ1n) is 7.81. The number of carbonyl (C=O) groups excluding carboxylic acids is 1. The highest BCUT2D eigenvalue weighted by Crippen LogP contribution is 2.17. The van der Waals surface area contributed by atoms with E-state index in [1.54, 1.807) is 12.4 Å².